The molecule has 2 rings (SSSR count). The van der Waals surface area contributed by atoms with Gasteiger partial charge in [0.1, 0.15) is 23.1 Å². The van der Waals surface area contributed by atoms with Gasteiger partial charge in [0.15, 0.2) is 0 Å². The first-order valence-corrected chi connectivity index (χ1v) is 6.46. The van der Waals surface area contributed by atoms with Crippen LogP contribution >= 0.6 is 0 Å². The predicted octanol–water partition coefficient (Wildman–Crippen LogP) is 3.43. The maximum Gasteiger partial charge on any atom is 0.259 e. The van der Waals surface area contributed by atoms with Crippen molar-refractivity contribution in [1.29, 1.82) is 0 Å². The van der Waals surface area contributed by atoms with Crippen LogP contribution in [0.25, 0.3) is 0 Å². The molecule has 0 spiro atoms. The highest BCUT2D eigenvalue weighted by Gasteiger charge is 2.17. The lowest BCUT2D eigenvalue weighted by Gasteiger charge is -2.13. The minimum absolute atomic E-state index is 0.0663. The van der Waals surface area contributed by atoms with Crippen molar-refractivity contribution in [3.05, 3.63) is 53.7 Å². The number of halogens is 2. The number of nitrogens with one attached hydrogen (secondary N) is 2. The molecule has 4 nitrogen and oxygen atoms in total. The summed E-state index contributed by atoms with van der Waals surface area (Å²) in [6, 6.07) is 6.57. The first-order valence-electron chi connectivity index (χ1n) is 6.46. The van der Waals surface area contributed by atoms with E-state index in [1.54, 1.807) is 6.07 Å². The zero-order valence-corrected chi connectivity index (χ0v) is 11.7. The van der Waals surface area contributed by atoms with Crippen molar-refractivity contribution < 1.29 is 13.6 Å². The fourth-order valence-electron chi connectivity index (χ4n) is 1.78. The van der Waals surface area contributed by atoms with E-state index >= 15 is 0 Å². The van der Waals surface area contributed by atoms with Crippen LogP contribution in [-0.2, 0) is 0 Å². The van der Waals surface area contributed by atoms with E-state index in [-0.39, 0.29) is 11.6 Å². The molecule has 0 atom stereocenters. The zero-order chi connectivity index (χ0) is 15.4. The normalized spacial score (nSPS) is 10.5. The number of aromatic nitrogens is 1. The zero-order valence-electron chi connectivity index (χ0n) is 11.7. The molecule has 110 valence electrons. The Morgan fingerprint density at radius 3 is 2.43 bits per heavy atom. The average Bonchev–Trinajstić information content (AvgIpc) is 2.43. The molecular formula is C15H15F2N3O. The van der Waals surface area contributed by atoms with Crippen molar-refractivity contribution in [2.45, 2.75) is 19.9 Å². The minimum Gasteiger partial charge on any atom is -0.367 e. The summed E-state index contributed by atoms with van der Waals surface area (Å²) >= 11 is 0. The van der Waals surface area contributed by atoms with Crippen LogP contribution in [0.2, 0.25) is 0 Å². The van der Waals surface area contributed by atoms with Gasteiger partial charge in [0.25, 0.3) is 5.91 Å². The lowest BCUT2D eigenvalue weighted by molar-refractivity contribution is 0.102. The Balaban J connectivity index is 2.29. The number of carbonyl (C=O) groups is 1. The van der Waals surface area contributed by atoms with Gasteiger partial charge in [-0.3, -0.25) is 4.79 Å². The van der Waals surface area contributed by atoms with Crippen LogP contribution in [0.3, 0.4) is 0 Å². The van der Waals surface area contributed by atoms with Gasteiger partial charge in [-0.05, 0) is 38.1 Å². The average molecular weight is 291 g/mol. The van der Waals surface area contributed by atoms with E-state index in [0.29, 0.717) is 5.82 Å². The van der Waals surface area contributed by atoms with Crippen LogP contribution in [0.4, 0.5) is 20.3 Å². The van der Waals surface area contributed by atoms with E-state index in [1.807, 2.05) is 13.8 Å². The second-order valence-corrected chi connectivity index (χ2v) is 4.75. The highest BCUT2D eigenvalue weighted by molar-refractivity contribution is 6.07. The number of rotatable bonds is 4. The molecule has 0 radical (unpaired) electrons. The quantitative estimate of drug-likeness (QED) is 0.907. The molecule has 0 fully saturated rings. The summed E-state index contributed by atoms with van der Waals surface area (Å²) in [5.41, 5.74) is -0.254. The number of nitrogens with zero attached hydrogens (tertiary/aromatic N) is 1. The van der Waals surface area contributed by atoms with Crippen LogP contribution in [0.5, 0.6) is 0 Å². The maximum atomic E-state index is 13.6. The molecule has 1 aromatic carbocycles. The van der Waals surface area contributed by atoms with Gasteiger partial charge in [-0.1, -0.05) is 6.07 Å². The molecule has 0 aliphatic heterocycles. The Kier molecular flexibility index (Phi) is 4.47. The first kappa shape index (κ1) is 14.9. The van der Waals surface area contributed by atoms with E-state index in [4.69, 9.17) is 0 Å². The number of hydrogen-bond donors (Lipinski definition) is 2. The Morgan fingerprint density at radius 2 is 1.81 bits per heavy atom. The number of amides is 1. The van der Waals surface area contributed by atoms with Gasteiger partial charge in [-0.2, -0.15) is 0 Å². The van der Waals surface area contributed by atoms with Crippen molar-refractivity contribution in [1.82, 2.24) is 4.98 Å². The molecular weight excluding hydrogens is 276 g/mol. The summed E-state index contributed by atoms with van der Waals surface area (Å²) in [6.07, 6.45) is 1.53. The third-order valence-corrected chi connectivity index (χ3v) is 2.68. The highest BCUT2D eigenvalue weighted by Crippen LogP contribution is 2.20. The van der Waals surface area contributed by atoms with Gasteiger partial charge in [0.05, 0.1) is 5.56 Å². The van der Waals surface area contributed by atoms with Crippen LogP contribution < -0.4 is 10.6 Å². The molecule has 0 bridgehead atoms. The molecule has 0 aliphatic rings. The fraction of sp³-hybridized carbons (Fsp3) is 0.200. The molecule has 1 aromatic heterocycles. The summed E-state index contributed by atoms with van der Waals surface area (Å²) in [5, 5.41) is 5.25. The van der Waals surface area contributed by atoms with Crippen molar-refractivity contribution in [3.63, 3.8) is 0 Å². The summed E-state index contributed by atoms with van der Waals surface area (Å²) < 4.78 is 27.1. The molecule has 6 heteroatoms. The standard InChI is InChI=1S/C15H15F2N3O/c1-9(2)19-14-10(5-4-8-18-14)15(21)20-13-11(16)6-3-7-12(13)17/h3-9H,1-2H3,(H,18,19)(H,20,21). The van der Waals surface area contributed by atoms with Crippen molar-refractivity contribution in [3.8, 4) is 0 Å². The fourth-order valence-corrected chi connectivity index (χ4v) is 1.78. The summed E-state index contributed by atoms with van der Waals surface area (Å²) in [6.45, 7) is 3.79. The summed E-state index contributed by atoms with van der Waals surface area (Å²) in [7, 11) is 0. The number of benzene rings is 1. The highest BCUT2D eigenvalue weighted by atomic mass is 19.1. The van der Waals surface area contributed by atoms with Crippen LogP contribution in [0, 0.1) is 11.6 Å². The number of carbonyl (C=O) groups excluding carboxylic acids is 1. The largest absolute Gasteiger partial charge is 0.367 e. The van der Waals surface area contributed by atoms with Gasteiger partial charge in [-0.15, -0.1) is 0 Å². The van der Waals surface area contributed by atoms with Gasteiger partial charge >= 0.3 is 0 Å². The lowest BCUT2D eigenvalue weighted by atomic mass is 10.2. The molecule has 0 saturated heterocycles. The van der Waals surface area contributed by atoms with Crippen molar-refractivity contribution >= 4 is 17.4 Å². The topological polar surface area (TPSA) is 54.0 Å². The maximum absolute atomic E-state index is 13.6. The molecule has 0 aliphatic carbocycles. The second-order valence-electron chi connectivity index (χ2n) is 4.75. The van der Waals surface area contributed by atoms with Crippen LogP contribution in [-0.4, -0.2) is 16.9 Å². The molecule has 0 saturated carbocycles. The molecule has 21 heavy (non-hydrogen) atoms. The smallest absolute Gasteiger partial charge is 0.259 e. The minimum atomic E-state index is -0.828. The molecule has 0 unspecified atom stereocenters. The van der Waals surface area contributed by atoms with Gasteiger partial charge in [0.2, 0.25) is 0 Å². The predicted molar refractivity (Wildman–Crippen MR) is 77.3 cm³/mol. The Morgan fingerprint density at radius 1 is 1.14 bits per heavy atom. The SMILES string of the molecule is CC(C)Nc1ncccc1C(=O)Nc1c(F)cccc1F. The first-order chi connectivity index (χ1) is 9.99. The lowest BCUT2D eigenvalue weighted by Crippen LogP contribution is -2.19. The third kappa shape index (κ3) is 3.53. The van der Waals surface area contributed by atoms with E-state index in [2.05, 4.69) is 15.6 Å². The summed E-state index contributed by atoms with van der Waals surface area (Å²) in [4.78, 5) is 16.3. The van der Waals surface area contributed by atoms with Crippen molar-refractivity contribution in [2.24, 2.45) is 0 Å². The van der Waals surface area contributed by atoms with Crippen LogP contribution in [0.15, 0.2) is 36.5 Å². The van der Waals surface area contributed by atoms with Crippen molar-refractivity contribution in [2.75, 3.05) is 10.6 Å². The molecule has 2 aromatic rings. The summed E-state index contributed by atoms with van der Waals surface area (Å²) in [5.74, 6) is -1.92. The van der Waals surface area contributed by atoms with E-state index in [0.717, 1.165) is 12.1 Å². The Hall–Kier alpha value is -2.50. The van der Waals surface area contributed by atoms with Gasteiger partial charge < -0.3 is 10.6 Å². The van der Waals surface area contributed by atoms with Crippen LogP contribution in [0.1, 0.15) is 24.2 Å². The third-order valence-electron chi connectivity index (χ3n) is 2.68. The number of pyridine rings is 1. The number of hydrogen-bond acceptors (Lipinski definition) is 3. The Labute approximate surface area is 121 Å². The van der Waals surface area contributed by atoms with E-state index < -0.39 is 23.2 Å². The number of para-hydroxylation sites is 1. The monoisotopic (exact) mass is 291 g/mol. The molecule has 2 N–H and O–H groups in total. The molecule has 1 amide bonds. The Bertz CT molecular complexity index is 639. The van der Waals surface area contributed by atoms with Gasteiger partial charge in [0, 0.05) is 12.2 Å². The van der Waals surface area contributed by atoms with Gasteiger partial charge in [-0.25, -0.2) is 13.8 Å². The molecule has 1 heterocycles. The van der Waals surface area contributed by atoms with E-state index in [9.17, 15) is 13.6 Å². The van der Waals surface area contributed by atoms with E-state index in [1.165, 1.54) is 18.3 Å². The second kappa shape index (κ2) is 6.30. The number of anilines is 2.